The Hall–Kier alpha value is -1.95. The maximum Gasteiger partial charge on any atom is 0.193 e. The number of nitrogens with one attached hydrogen (secondary N) is 1. The molecule has 6 heteroatoms. The van der Waals surface area contributed by atoms with Crippen LogP contribution >= 0.6 is 15.9 Å². The van der Waals surface area contributed by atoms with Crippen molar-refractivity contribution in [3.8, 4) is 5.75 Å². The Bertz CT molecular complexity index is 654. The standard InChI is InChI=1S/C17H23BrN4O/c1-19-17(22(3)13-15-7-5-10-21(15)2)20-9-11-23-16-8-4-6-14(18)12-16/h4-8,10,12H,9,11,13H2,1-3H3,(H,19,20). The van der Waals surface area contributed by atoms with E-state index < -0.39 is 0 Å². The molecule has 0 radical (unpaired) electrons. The molecule has 0 fully saturated rings. The SMILES string of the molecule is CN=C(NCCOc1cccc(Br)c1)N(C)Cc1cccn1C. The second-order valence-corrected chi connectivity index (χ2v) is 6.16. The predicted octanol–water partition coefficient (Wildman–Crippen LogP) is 2.87. The Morgan fingerprint density at radius 3 is 2.83 bits per heavy atom. The molecule has 1 heterocycles. The molecule has 0 aliphatic carbocycles. The zero-order chi connectivity index (χ0) is 16.7. The van der Waals surface area contributed by atoms with Crippen molar-refractivity contribution >= 4 is 21.9 Å². The lowest BCUT2D eigenvalue weighted by Crippen LogP contribution is -2.40. The highest BCUT2D eigenvalue weighted by molar-refractivity contribution is 9.10. The molecule has 5 nitrogen and oxygen atoms in total. The van der Waals surface area contributed by atoms with Crippen LogP contribution in [0.4, 0.5) is 0 Å². The highest BCUT2D eigenvalue weighted by atomic mass is 79.9. The number of hydrogen-bond donors (Lipinski definition) is 1. The third kappa shape index (κ3) is 5.32. The van der Waals surface area contributed by atoms with Crippen LogP contribution in [0.2, 0.25) is 0 Å². The van der Waals surface area contributed by atoms with Crippen LogP contribution in [-0.2, 0) is 13.6 Å². The summed E-state index contributed by atoms with van der Waals surface area (Å²) in [6.45, 7) is 2.07. The second kappa shape index (κ2) is 8.62. The van der Waals surface area contributed by atoms with Crippen molar-refractivity contribution in [2.75, 3.05) is 27.2 Å². The van der Waals surface area contributed by atoms with Crippen LogP contribution < -0.4 is 10.1 Å². The molecule has 0 atom stereocenters. The van der Waals surface area contributed by atoms with Gasteiger partial charge in [-0.05, 0) is 30.3 Å². The minimum Gasteiger partial charge on any atom is -0.492 e. The Morgan fingerprint density at radius 2 is 2.17 bits per heavy atom. The van der Waals surface area contributed by atoms with Gasteiger partial charge in [-0.15, -0.1) is 0 Å². The summed E-state index contributed by atoms with van der Waals surface area (Å²) in [6, 6.07) is 12.0. The first-order valence-electron chi connectivity index (χ1n) is 7.50. The number of rotatable bonds is 6. The minimum atomic E-state index is 0.577. The number of hydrogen-bond acceptors (Lipinski definition) is 2. The summed E-state index contributed by atoms with van der Waals surface area (Å²) in [6.07, 6.45) is 2.05. The number of nitrogens with zero attached hydrogens (tertiary/aromatic N) is 3. The third-order valence-electron chi connectivity index (χ3n) is 3.47. The van der Waals surface area contributed by atoms with Gasteiger partial charge in [0.15, 0.2) is 5.96 Å². The van der Waals surface area contributed by atoms with Crippen LogP contribution in [0.25, 0.3) is 0 Å². The average Bonchev–Trinajstić information content (AvgIpc) is 2.92. The maximum absolute atomic E-state index is 5.72. The van der Waals surface area contributed by atoms with Crippen LogP contribution in [-0.4, -0.2) is 42.7 Å². The molecule has 0 saturated heterocycles. The molecule has 2 aromatic rings. The van der Waals surface area contributed by atoms with E-state index in [1.54, 1.807) is 7.05 Å². The summed E-state index contributed by atoms with van der Waals surface area (Å²) in [5.41, 5.74) is 1.24. The smallest absolute Gasteiger partial charge is 0.193 e. The van der Waals surface area contributed by atoms with E-state index in [0.29, 0.717) is 13.2 Å². The number of halogens is 1. The first kappa shape index (κ1) is 17.4. The lowest BCUT2D eigenvalue weighted by atomic mass is 10.3. The van der Waals surface area contributed by atoms with Crippen molar-refractivity contribution in [2.45, 2.75) is 6.54 Å². The van der Waals surface area contributed by atoms with Gasteiger partial charge in [-0.25, -0.2) is 0 Å². The van der Waals surface area contributed by atoms with E-state index >= 15 is 0 Å². The quantitative estimate of drug-likeness (QED) is 0.477. The van der Waals surface area contributed by atoms with Gasteiger partial charge in [0.1, 0.15) is 12.4 Å². The second-order valence-electron chi connectivity index (χ2n) is 5.25. The lowest BCUT2D eigenvalue weighted by Gasteiger charge is -2.22. The fourth-order valence-electron chi connectivity index (χ4n) is 2.25. The highest BCUT2D eigenvalue weighted by Crippen LogP contribution is 2.17. The summed E-state index contributed by atoms with van der Waals surface area (Å²) in [4.78, 5) is 6.41. The van der Waals surface area contributed by atoms with E-state index in [4.69, 9.17) is 4.74 Å². The number of aliphatic imine (C=N–C) groups is 1. The van der Waals surface area contributed by atoms with Crippen LogP contribution in [0.3, 0.4) is 0 Å². The Labute approximate surface area is 146 Å². The third-order valence-corrected chi connectivity index (χ3v) is 3.97. The number of aryl methyl sites for hydroxylation is 1. The van der Waals surface area contributed by atoms with E-state index in [0.717, 1.165) is 22.7 Å². The van der Waals surface area contributed by atoms with E-state index in [1.165, 1.54) is 5.69 Å². The summed E-state index contributed by atoms with van der Waals surface area (Å²) in [5, 5.41) is 3.32. The number of benzene rings is 1. The van der Waals surface area contributed by atoms with Crippen LogP contribution in [0.1, 0.15) is 5.69 Å². The zero-order valence-electron chi connectivity index (χ0n) is 13.8. The largest absolute Gasteiger partial charge is 0.492 e. The molecule has 0 amide bonds. The first-order valence-corrected chi connectivity index (χ1v) is 8.30. The number of aromatic nitrogens is 1. The molecule has 124 valence electrons. The molecule has 23 heavy (non-hydrogen) atoms. The Balaban J connectivity index is 1.77. The Morgan fingerprint density at radius 1 is 1.35 bits per heavy atom. The summed E-state index contributed by atoms with van der Waals surface area (Å²) < 4.78 is 8.84. The van der Waals surface area contributed by atoms with Gasteiger partial charge in [0.25, 0.3) is 0 Å². The maximum atomic E-state index is 5.72. The molecule has 0 bridgehead atoms. The van der Waals surface area contributed by atoms with Gasteiger partial charge in [0.2, 0.25) is 0 Å². The molecule has 0 aliphatic heterocycles. The summed E-state index contributed by atoms with van der Waals surface area (Å²) in [5.74, 6) is 1.71. The van der Waals surface area contributed by atoms with Crippen LogP contribution in [0, 0.1) is 0 Å². The van der Waals surface area contributed by atoms with Gasteiger partial charge < -0.3 is 19.5 Å². The molecule has 0 unspecified atom stereocenters. The molecule has 1 aromatic carbocycles. The molecule has 0 saturated carbocycles. The van der Waals surface area contributed by atoms with Crippen molar-refractivity contribution in [1.29, 1.82) is 0 Å². The normalized spacial score (nSPS) is 11.4. The molecule has 0 spiro atoms. The Kier molecular flexibility index (Phi) is 6.52. The molecular weight excluding hydrogens is 356 g/mol. The van der Waals surface area contributed by atoms with Gasteiger partial charge in [-0.2, -0.15) is 0 Å². The van der Waals surface area contributed by atoms with Crippen molar-refractivity contribution in [1.82, 2.24) is 14.8 Å². The van der Waals surface area contributed by atoms with E-state index in [2.05, 4.69) is 41.8 Å². The molecule has 1 aromatic heterocycles. The first-order chi connectivity index (χ1) is 11.1. The van der Waals surface area contributed by atoms with E-state index in [9.17, 15) is 0 Å². The topological polar surface area (TPSA) is 41.8 Å². The van der Waals surface area contributed by atoms with Gasteiger partial charge in [-0.3, -0.25) is 4.99 Å². The van der Waals surface area contributed by atoms with Crippen molar-refractivity contribution in [3.63, 3.8) is 0 Å². The highest BCUT2D eigenvalue weighted by Gasteiger charge is 2.07. The van der Waals surface area contributed by atoms with Gasteiger partial charge >= 0.3 is 0 Å². The minimum absolute atomic E-state index is 0.577. The van der Waals surface area contributed by atoms with Gasteiger partial charge in [0, 0.05) is 37.5 Å². The predicted molar refractivity (Wildman–Crippen MR) is 97.9 cm³/mol. The summed E-state index contributed by atoms with van der Waals surface area (Å²) >= 11 is 3.44. The monoisotopic (exact) mass is 378 g/mol. The molecule has 2 rings (SSSR count). The number of guanidine groups is 1. The van der Waals surface area contributed by atoms with Crippen molar-refractivity contribution in [3.05, 3.63) is 52.8 Å². The van der Waals surface area contributed by atoms with Gasteiger partial charge in [-0.1, -0.05) is 22.0 Å². The fourth-order valence-corrected chi connectivity index (χ4v) is 2.63. The number of ether oxygens (including phenoxy) is 1. The van der Waals surface area contributed by atoms with Crippen molar-refractivity contribution < 1.29 is 4.74 Å². The van der Waals surface area contributed by atoms with Crippen LogP contribution in [0.5, 0.6) is 5.75 Å². The zero-order valence-corrected chi connectivity index (χ0v) is 15.4. The fraction of sp³-hybridized carbons (Fsp3) is 0.353. The van der Waals surface area contributed by atoms with E-state index in [1.807, 2.05) is 50.6 Å². The lowest BCUT2D eigenvalue weighted by molar-refractivity contribution is 0.319. The molecular formula is C17H23BrN4O. The van der Waals surface area contributed by atoms with Crippen molar-refractivity contribution in [2.24, 2.45) is 12.0 Å². The summed E-state index contributed by atoms with van der Waals surface area (Å²) in [7, 11) is 5.86. The van der Waals surface area contributed by atoms with Gasteiger partial charge in [0.05, 0.1) is 13.1 Å². The molecule has 0 aliphatic rings. The van der Waals surface area contributed by atoms with E-state index in [-0.39, 0.29) is 0 Å². The average molecular weight is 379 g/mol. The van der Waals surface area contributed by atoms with Crippen LogP contribution in [0.15, 0.2) is 52.1 Å². The molecule has 1 N–H and O–H groups in total.